The highest BCUT2D eigenvalue weighted by atomic mass is 32.1. The summed E-state index contributed by atoms with van der Waals surface area (Å²) >= 11 is 1.80. The van der Waals surface area contributed by atoms with Crippen molar-refractivity contribution in [1.82, 2.24) is 4.90 Å². The monoisotopic (exact) mass is 281 g/mol. The maximum absolute atomic E-state index is 10.8. The number of likely N-dealkylation sites (N-methyl/N-ethyl adjacent to an activating group) is 1. The molecule has 1 N–H and O–H groups in total. The van der Waals surface area contributed by atoms with Gasteiger partial charge in [0.15, 0.2) is 0 Å². The van der Waals surface area contributed by atoms with Gasteiger partial charge in [-0.3, -0.25) is 0 Å². The van der Waals surface area contributed by atoms with E-state index in [1.807, 2.05) is 0 Å². The van der Waals surface area contributed by atoms with Crippen LogP contribution in [-0.4, -0.2) is 35.7 Å². The number of nitrogens with zero attached hydrogens (tertiary/aromatic N) is 1. The minimum atomic E-state index is -0.206. The Labute approximate surface area is 121 Å². The summed E-state index contributed by atoms with van der Waals surface area (Å²) in [7, 11) is 4.28. The summed E-state index contributed by atoms with van der Waals surface area (Å²) in [4.78, 5) is 3.68. The first-order valence-electron chi connectivity index (χ1n) is 7.53. The summed E-state index contributed by atoms with van der Waals surface area (Å²) in [6, 6.07) is 4.27. The number of aryl methyl sites for hydroxylation is 1. The third-order valence-electron chi connectivity index (χ3n) is 4.72. The average molecular weight is 281 g/mol. The molecule has 2 rings (SSSR count). The second-order valence-corrected chi connectivity index (χ2v) is 7.08. The molecule has 0 saturated heterocycles. The van der Waals surface area contributed by atoms with Crippen molar-refractivity contribution in [3.8, 4) is 0 Å². The second kappa shape index (κ2) is 6.87. The van der Waals surface area contributed by atoms with Crippen LogP contribution >= 0.6 is 11.3 Å². The van der Waals surface area contributed by atoms with Gasteiger partial charge in [0.25, 0.3) is 0 Å². The predicted octanol–water partition coefficient (Wildman–Crippen LogP) is 3.70. The average Bonchev–Trinajstić information content (AvgIpc) is 2.78. The lowest BCUT2D eigenvalue weighted by Crippen LogP contribution is -2.53. The van der Waals surface area contributed by atoms with Crippen LogP contribution in [0.15, 0.2) is 17.5 Å². The van der Waals surface area contributed by atoms with E-state index in [0.717, 1.165) is 25.7 Å². The van der Waals surface area contributed by atoms with Gasteiger partial charge >= 0.3 is 0 Å². The summed E-state index contributed by atoms with van der Waals surface area (Å²) in [5.74, 6) is 0. The van der Waals surface area contributed by atoms with E-state index in [0.29, 0.717) is 0 Å². The van der Waals surface area contributed by atoms with Crippen LogP contribution in [0.3, 0.4) is 0 Å². The van der Waals surface area contributed by atoms with Crippen LogP contribution in [0.5, 0.6) is 0 Å². The molecular weight excluding hydrogens is 254 g/mol. The van der Waals surface area contributed by atoms with Crippen molar-refractivity contribution in [3.63, 3.8) is 0 Å². The van der Waals surface area contributed by atoms with E-state index >= 15 is 0 Å². The first kappa shape index (κ1) is 15.0. The summed E-state index contributed by atoms with van der Waals surface area (Å²) in [6.45, 7) is 0. The van der Waals surface area contributed by atoms with Crippen molar-refractivity contribution in [2.45, 2.75) is 63.0 Å². The Morgan fingerprint density at radius 1 is 1.26 bits per heavy atom. The fourth-order valence-electron chi connectivity index (χ4n) is 3.42. The number of thiophene rings is 1. The quantitative estimate of drug-likeness (QED) is 0.832. The van der Waals surface area contributed by atoms with E-state index in [1.54, 1.807) is 11.3 Å². The van der Waals surface area contributed by atoms with Gasteiger partial charge < -0.3 is 10.0 Å². The SMILES string of the molecule is CN(C)C1(C(O)CCc2cccs2)CCCCCC1. The van der Waals surface area contributed by atoms with Crippen LogP contribution in [-0.2, 0) is 6.42 Å². The summed E-state index contributed by atoms with van der Waals surface area (Å²) in [5.41, 5.74) is 0.00770. The Morgan fingerprint density at radius 2 is 1.95 bits per heavy atom. The second-order valence-electron chi connectivity index (χ2n) is 6.05. The summed E-state index contributed by atoms with van der Waals surface area (Å²) in [6.07, 6.45) is 9.15. The number of hydrogen-bond acceptors (Lipinski definition) is 3. The van der Waals surface area contributed by atoms with Crippen LogP contribution in [0.1, 0.15) is 49.8 Å². The minimum absolute atomic E-state index is 0.00770. The maximum atomic E-state index is 10.8. The summed E-state index contributed by atoms with van der Waals surface area (Å²) in [5, 5.41) is 12.9. The molecule has 108 valence electrons. The van der Waals surface area contributed by atoms with E-state index in [9.17, 15) is 5.11 Å². The highest BCUT2D eigenvalue weighted by molar-refractivity contribution is 7.09. The van der Waals surface area contributed by atoms with Gasteiger partial charge in [0, 0.05) is 10.4 Å². The number of rotatable bonds is 5. The molecule has 1 atom stereocenters. The fraction of sp³-hybridized carbons (Fsp3) is 0.750. The van der Waals surface area contributed by atoms with Crippen LogP contribution < -0.4 is 0 Å². The molecule has 0 radical (unpaired) electrons. The number of aliphatic hydroxyl groups is 1. The fourth-order valence-corrected chi connectivity index (χ4v) is 4.15. The largest absolute Gasteiger partial charge is 0.391 e. The molecule has 3 heteroatoms. The third-order valence-corrected chi connectivity index (χ3v) is 5.66. The molecule has 19 heavy (non-hydrogen) atoms. The zero-order chi connectivity index (χ0) is 13.7. The zero-order valence-corrected chi connectivity index (χ0v) is 13.1. The van der Waals surface area contributed by atoms with Gasteiger partial charge in [0.05, 0.1) is 6.10 Å². The third kappa shape index (κ3) is 3.59. The van der Waals surface area contributed by atoms with Crippen molar-refractivity contribution in [1.29, 1.82) is 0 Å². The zero-order valence-electron chi connectivity index (χ0n) is 12.3. The molecule has 0 spiro atoms. The molecular formula is C16H27NOS. The van der Waals surface area contributed by atoms with Gasteiger partial charge in [-0.25, -0.2) is 0 Å². The Kier molecular flexibility index (Phi) is 5.43. The number of aliphatic hydroxyl groups excluding tert-OH is 1. The molecule has 0 amide bonds. The molecule has 1 aromatic heterocycles. The Balaban J connectivity index is 2.00. The van der Waals surface area contributed by atoms with Crippen LogP contribution in [0, 0.1) is 0 Å². The molecule has 1 heterocycles. The summed E-state index contributed by atoms with van der Waals surface area (Å²) < 4.78 is 0. The van der Waals surface area contributed by atoms with E-state index in [1.165, 1.54) is 30.6 Å². The van der Waals surface area contributed by atoms with Gasteiger partial charge in [-0.2, -0.15) is 0 Å². The molecule has 1 aliphatic rings. The molecule has 0 aliphatic heterocycles. The minimum Gasteiger partial charge on any atom is -0.391 e. The molecule has 1 aromatic rings. The van der Waals surface area contributed by atoms with Crippen molar-refractivity contribution in [3.05, 3.63) is 22.4 Å². The standard InChI is InChI=1S/C16H27NOS/c1-17(2)16(11-5-3-4-6-12-16)15(18)10-9-14-8-7-13-19-14/h7-8,13,15,18H,3-6,9-12H2,1-2H3. The molecule has 0 bridgehead atoms. The molecule has 1 unspecified atom stereocenters. The van der Waals surface area contributed by atoms with E-state index in [2.05, 4.69) is 36.5 Å². The Bertz CT molecular complexity index is 353. The Morgan fingerprint density at radius 3 is 2.47 bits per heavy atom. The molecule has 1 aliphatic carbocycles. The normalized spacial score (nSPS) is 21.3. The van der Waals surface area contributed by atoms with E-state index < -0.39 is 0 Å². The van der Waals surface area contributed by atoms with Crippen LogP contribution in [0.2, 0.25) is 0 Å². The van der Waals surface area contributed by atoms with Crippen molar-refractivity contribution in [2.75, 3.05) is 14.1 Å². The molecule has 2 nitrogen and oxygen atoms in total. The topological polar surface area (TPSA) is 23.5 Å². The van der Waals surface area contributed by atoms with Crippen molar-refractivity contribution >= 4 is 11.3 Å². The first-order valence-corrected chi connectivity index (χ1v) is 8.41. The van der Waals surface area contributed by atoms with Crippen LogP contribution in [0.25, 0.3) is 0 Å². The van der Waals surface area contributed by atoms with E-state index in [4.69, 9.17) is 0 Å². The molecule has 1 saturated carbocycles. The highest BCUT2D eigenvalue weighted by Gasteiger charge is 2.39. The highest BCUT2D eigenvalue weighted by Crippen LogP contribution is 2.35. The van der Waals surface area contributed by atoms with Crippen LogP contribution in [0.4, 0.5) is 0 Å². The lowest BCUT2D eigenvalue weighted by molar-refractivity contribution is -0.0220. The smallest absolute Gasteiger partial charge is 0.0727 e. The van der Waals surface area contributed by atoms with Crippen molar-refractivity contribution in [2.24, 2.45) is 0 Å². The van der Waals surface area contributed by atoms with Gasteiger partial charge in [-0.1, -0.05) is 31.7 Å². The van der Waals surface area contributed by atoms with Gasteiger partial charge in [0.2, 0.25) is 0 Å². The van der Waals surface area contributed by atoms with Gasteiger partial charge in [-0.05, 0) is 51.2 Å². The number of hydrogen-bond donors (Lipinski definition) is 1. The van der Waals surface area contributed by atoms with Gasteiger partial charge in [-0.15, -0.1) is 11.3 Å². The van der Waals surface area contributed by atoms with Crippen molar-refractivity contribution < 1.29 is 5.11 Å². The van der Waals surface area contributed by atoms with Gasteiger partial charge in [0.1, 0.15) is 0 Å². The van der Waals surface area contributed by atoms with E-state index in [-0.39, 0.29) is 11.6 Å². The molecule has 0 aromatic carbocycles. The first-order chi connectivity index (χ1) is 9.15. The predicted molar refractivity (Wildman–Crippen MR) is 82.8 cm³/mol. The molecule has 1 fully saturated rings. The lowest BCUT2D eigenvalue weighted by Gasteiger charge is -2.43. The maximum Gasteiger partial charge on any atom is 0.0727 e. The lowest BCUT2D eigenvalue weighted by atomic mass is 9.81. The Hall–Kier alpha value is -0.380.